The van der Waals surface area contributed by atoms with Crippen LogP contribution < -0.4 is 10.6 Å². The molecule has 1 amide bonds. The van der Waals surface area contributed by atoms with Crippen molar-refractivity contribution in [2.75, 3.05) is 10.6 Å². The van der Waals surface area contributed by atoms with Crippen LogP contribution in [0.25, 0.3) is 0 Å². The Morgan fingerprint density at radius 3 is 2.35 bits per heavy atom. The van der Waals surface area contributed by atoms with Crippen LogP contribution in [0.4, 0.5) is 11.4 Å². The van der Waals surface area contributed by atoms with E-state index >= 15 is 0 Å². The zero-order valence-corrected chi connectivity index (χ0v) is 11.7. The molecule has 102 valence electrons. The van der Waals surface area contributed by atoms with Gasteiger partial charge in [0.1, 0.15) is 6.04 Å². The lowest BCUT2D eigenvalue weighted by atomic mass is 9.99. The number of fused-ring (bicyclic) bond motifs is 1. The van der Waals surface area contributed by atoms with Crippen LogP contribution in [-0.4, -0.2) is 11.9 Å². The van der Waals surface area contributed by atoms with Crippen molar-refractivity contribution in [1.82, 2.24) is 0 Å². The summed E-state index contributed by atoms with van der Waals surface area (Å²) in [5, 5.41) is 6.28. The van der Waals surface area contributed by atoms with Crippen molar-refractivity contribution in [1.29, 1.82) is 0 Å². The quantitative estimate of drug-likeness (QED) is 0.876. The van der Waals surface area contributed by atoms with Gasteiger partial charge in [0.05, 0.1) is 11.4 Å². The molecule has 1 aliphatic heterocycles. The van der Waals surface area contributed by atoms with Gasteiger partial charge in [-0.3, -0.25) is 4.79 Å². The van der Waals surface area contributed by atoms with E-state index in [0.29, 0.717) is 6.42 Å². The van der Waals surface area contributed by atoms with Crippen LogP contribution in [0.3, 0.4) is 0 Å². The Morgan fingerprint density at radius 1 is 1.00 bits per heavy atom. The fraction of sp³-hybridized carbons (Fsp3) is 0.235. The van der Waals surface area contributed by atoms with Gasteiger partial charge in [0.25, 0.3) is 0 Å². The molecule has 1 aliphatic rings. The average Bonchev–Trinajstić information content (AvgIpc) is 2.38. The largest absolute Gasteiger partial charge is 0.372 e. The summed E-state index contributed by atoms with van der Waals surface area (Å²) in [7, 11) is 0. The van der Waals surface area contributed by atoms with Crippen LogP contribution in [0.1, 0.15) is 16.7 Å². The van der Waals surface area contributed by atoms with Crippen LogP contribution in [-0.2, 0) is 11.2 Å². The first kappa shape index (κ1) is 12.7. The van der Waals surface area contributed by atoms with Gasteiger partial charge in [-0.05, 0) is 31.5 Å². The van der Waals surface area contributed by atoms with E-state index < -0.39 is 0 Å². The first-order valence-corrected chi connectivity index (χ1v) is 6.85. The lowest BCUT2D eigenvalue weighted by Gasteiger charge is -2.27. The highest BCUT2D eigenvalue weighted by atomic mass is 16.2. The third-order valence-corrected chi connectivity index (χ3v) is 3.55. The predicted molar refractivity (Wildman–Crippen MR) is 82.1 cm³/mol. The Bertz CT molecular complexity index is 644. The normalized spacial score (nSPS) is 17.1. The van der Waals surface area contributed by atoms with Gasteiger partial charge in [-0.1, -0.05) is 41.5 Å². The number of rotatable bonds is 2. The number of benzene rings is 2. The number of carbonyl (C=O) groups excluding carboxylic acids is 1. The van der Waals surface area contributed by atoms with Gasteiger partial charge >= 0.3 is 0 Å². The van der Waals surface area contributed by atoms with E-state index in [1.54, 1.807) is 0 Å². The average molecular weight is 266 g/mol. The summed E-state index contributed by atoms with van der Waals surface area (Å²) in [6.45, 7) is 4.17. The SMILES string of the molecule is Cc1cc(C)cc(C[C@@H]2Nc3ccccc3NC2=O)c1. The minimum atomic E-state index is -0.217. The fourth-order valence-electron chi connectivity index (χ4n) is 2.76. The number of nitrogens with one attached hydrogen (secondary N) is 2. The maximum atomic E-state index is 12.2. The second kappa shape index (κ2) is 5.00. The molecule has 1 heterocycles. The number of hydrogen-bond acceptors (Lipinski definition) is 2. The third-order valence-electron chi connectivity index (χ3n) is 3.55. The van der Waals surface area contributed by atoms with Crippen molar-refractivity contribution < 1.29 is 4.79 Å². The van der Waals surface area contributed by atoms with Crippen LogP contribution in [0.5, 0.6) is 0 Å². The molecule has 1 atom stereocenters. The minimum absolute atomic E-state index is 0.0304. The highest BCUT2D eigenvalue weighted by molar-refractivity contribution is 6.03. The number of amides is 1. The number of para-hydroxylation sites is 2. The summed E-state index contributed by atoms with van der Waals surface area (Å²) in [6.07, 6.45) is 0.697. The molecule has 3 heteroatoms. The van der Waals surface area contributed by atoms with E-state index in [0.717, 1.165) is 11.4 Å². The van der Waals surface area contributed by atoms with Crippen molar-refractivity contribution >= 4 is 17.3 Å². The van der Waals surface area contributed by atoms with E-state index in [1.807, 2.05) is 24.3 Å². The van der Waals surface area contributed by atoms with Gasteiger partial charge < -0.3 is 10.6 Å². The highest BCUT2D eigenvalue weighted by Gasteiger charge is 2.25. The number of aryl methyl sites for hydroxylation is 2. The third kappa shape index (κ3) is 2.52. The van der Waals surface area contributed by atoms with E-state index in [9.17, 15) is 4.79 Å². The van der Waals surface area contributed by atoms with Gasteiger partial charge in [-0.2, -0.15) is 0 Å². The van der Waals surface area contributed by atoms with E-state index in [1.165, 1.54) is 16.7 Å². The van der Waals surface area contributed by atoms with Crippen molar-refractivity contribution in [3.05, 3.63) is 59.2 Å². The van der Waals surface area contributed by atoms with Gasteiger partial charge in [0.15, 0.2) is 0 Å². The predicted octanol–water partition coefficient (Wildman–Crippen LogP) is 3.28. The maximum Gasteiger partial charge on any atom is 0.247 e. The van der Waals surface area contributed by atoms with Crippen LogP contribution >= 0.6 is 0 Å². The molecule has 0 bridgehead atoms. The Kier molecular flexibility index (Phi) is 3.18. The van der Waals surface area contributed by atoms with Crippen molar-refractivity contribution in [3.63, 3.8) is 0 Å². The molecule has 2 N–H and O–H groups in total. The summed E-state index contributed by atoms with van der Waals surface area (Å²) in [5.74, 6) is 0.0304. The van der Waals surface area contributed by atoms with Crippen LogP contribution in [0.2, 0.25) is 0 Å². The summed E-state index contributed by atoms with van der Waals surface area (Å²) in [4.78, 5) is 12.2. The summed E-state index contributed by atoms with van der Waals surface area (Å²) in [6, 6.07) is 14.0. The highest BCUT2D eigenvalue weighted by Crippen LogP contribution is 2.27. The molecule has 2 aromatic carbocycles. The minimum Gasteiger partial charge on any atom is -0.372 e. The van der Waals surface area contributed by atoms with E-state index in [2.05, 4.69) is 42.7 Å². The summed E-state index contributed by atoms with van der Waals surface area (Å²) in [5.41, 5.74) is 5.50. The summed E-state index contributed by atoms with van der Waals surface area (Å²) >= 11 is 0. The lowest BCUT2D eigenvalue weighted by molar-refractivity contribution is -0.117. The molecular formula is C17H18N2O. The summed E-state index contributed by atoms with van der Waals surface area (Å²) < 4.78 is 0. The van der Waals surface area contributed by atoms with Crippen molar-refractivity contribution in [3.8, 4) is 0 Å². The molecule has 0 saturated carbocycles. The van der Waals surface area contributed by atoms with Gasteiger partial charge in [-0.15, -0.1) is 0 Å². The molecule has 3 nitrogen and oxygen atoms in total. The molecular weight excluding hydrogens is 248 g/mol. The molecule has 0 fully saturated rings. The Balaban J connectivity index is 1.83. The molecule has 0 saturated heterocycles. The van der Waals surface area contributed by atoms with Crippen molar-refractivity contribution in [2.45, 2.75) is 26.3 Å². The molecule has 2 aromatic rings. The molecule has 0 aromatic heterocycles. The molecule has 0 spiro atoms. The molecule has 0 unspecified atom stereocenters. The first-order chi connectivity index (χ1) is 9.61. The topological polar surface area (TPSA) is 41.1 Å². The molecule has 0 aliphatic carbocycles. The van der Waals surface area contributed by atoms with Crippen LogP contribution in [0.15, 0.2) is 42.5 Å². The van der Waals surface area contributed by atoms with Gasteiger partial charge in [0, 0.05) is 6.42 Å². The van der Waals surface area contributed by atoms with Crippen LogP contribution in [0, 0.1) is 13.8 Å². The number of anilines is 2. The standard InChI is InChI=1S/C17H18N2O/c1-11-7-12(2)9-13(8-11)10-16-17(20)19-15-6-4-3-5-14(15)18-16/h3-9,16,18H,10H2,1-2H3,(H,19,20)/t16-/m0/s1. The molecule has 20 heavy (non-hydrogen) atoms. The Hall–Kier alpha value is -2.29. The first-order valence-electron chi connectivity index (χ1n) is 6.85. The monoisotopic (exact) mass is 266 g/mol. The second-order valence-corrected chi connectivity index (χ2v) is 5.43. The lowest BCUT2D eigenvalue weighted by Crippen LogP contribution is -2.40. The maximum absolute atomic E-state index is 12.2. The van der Waals surface area contributed by atoms with Gasteiger partial charge in [-0.25, -0.2) is 0 Å². The Morgan fingerprint density at radius 2 is 1.65 bits per heavy atom. The van der Waals surface area contributed by atoms with Crippen molar-refractivity contribution in [2.24, 2.45) is 0 Å². The molecule has 0 radical (unpaired) electrons. The fourth-order valence-corrected chi connectivity index (χ4v) is 2.76. The van der Waals surface area contributed by atoms with E-state index in [-0.39, 0.29) is 11.9 Å². The molecule has 3 rings (SSSR count). The number of carbonyl (C=O) groups is 1. The zero-order chi connectivity index (χ0) is 14.1. The number of hydrogen-bond donors (Lipinski definition) is 2. The van der Waals surface area contributed by atoms with E-state index in [4.69, 9.17) is 0 Å². The van der Waals surface area contributed by atoms with Gasteiger partial charge in [0.2, 0.25) is 5.91 Å². The second-order valence-electron chi connectivity index (χ2n) is 5.43. The zero-order valence-electron chi connectivity index (χ0n) is 11.7. The Labute approximate surface area is 119 Å². The smallest absolute Gasteiger partial charge is 0.247 e.